The van der Waals surface area contributed by atoms with Gasteiger partial charge in [0, 0.05) is 6.04 Å². The third-order valence-electron chi connectivity index (χ3n) is 3.88. The second-order valence-corrected chi connectivity index (χ2v) is 6.15. The zero-order valence-corrected chi connectivity index (χ0v) is 13.2. The summed E-state index contributed by atoms with van der Waals surface area (Å²) in [6.45, 7) is 10.2. The van der Waals surface area contributed by atoms with Crippen LogP contribution in [0.25, 0.3) is 10.8 Å². The molecule has 0 aliphatic heterocycles. The van der Waals surface area contributed by atoms with Crippen LogP contribution in [-0.2, 0) is 0 Å². The molecule has 0 saturated carbocycles. The molecule has 1 nitrogen and oxygen atoms in total. The summed E-state index contributed by atoms with van der Waals surface area (Å²) in [4.78, 5) is 0. The largest absolute Gasteiger partial charge is 0.310 e. The molecule has 0 bridgehead atoms. The average Bonchev–Trinajstić information content (AvgIpc) is 2.43. The lowest BCUT2D eigenvalue weighted by Crippen LogP contribution is -2.24. The molecule has 0 spiro atoms. The van der Waals surface area contributed by atoms with Gasteiger partial charge in [-0.05, 0) is 54.1 Å². The third kappa shape index (κ3) is 3.40. The highest BCUT2D eigenvalue weighted by Gasteiger charge is 2.17. The molecule has 0 saturated heterocycles. The molecule has 0 aromatic heterocycles. The molecule has 1 N–H and O–H groups in total. The Hall–Kier alpha value is -1.34. The van der Waals surface area contributed by atoms with Gasteiger partial charge in [0.15, 0.2) is 0 Å². The maximum Gasteiger partial charge on any atom is 0.0331 e. The molecule has 2 aromatic carbocycles. The Morgan fingerprint density at radius 2 is 1.80 bits per heavy atom. The van der Waals surface area contributed by atoms with E-state index in [0.717, 1.165) is 6.54 Å². The highest BCUT2D eigenvalue weighted by molar-refractivity contribution is 5.87. The van der Waals surface area contributed by atoms with Crippen molar-refractivity contribution in [1.29, 1.82) is 0 Å². The van der Waals surface area contributed by atoms with E-state index in [-0.39, 0.29) is 0 Å². The lowest BCUT2D eigenvalue weighted by atomic mass is 9.89. The first kappa shape index (κ1) is 15.1. The standard InChI is InChI=1S/C19H27N/c1-5-12-20-18(13-14(2)3)19-15(4)10-11-16-8-6-7-9-17(16)19/h6-11,14,18,20H,5,12-13H2,1-4H3. The van der Waals surface area contributed by atoms with Crippen LogP contribution >= 0.6 is 0 Å². The van der Waals surface area contributed by atoms with Crippen molar-refractivity contribution in [2.45, 2.75) is 46.6 Å². The molecular formula is C19H27N. The van der Waals surface area contributed by atoms with Crippen LogP contribution in [0.15, 0.2) is 36.4 Å². The van der Waals surface area contributed by atoms with Crippen LogP contribution in [0.4, 0.5) is 0 Å². The van der Waals surface area contributed by atoms with Crippen molar-refractivity contribution in [3.8, 4) is 0 Å². The molecule has 20 heavy (non-hydrogen) atoms. The normalized spacial score (nSPS) is 13.1. The molecule has 0 radical (unpaired) electrons. The molecule has 0 heterocycles. The number of fused-ring (bicyclic) bond motifs is 1. The lowest BCUT2D eigenvalue weighted by Gasteiger charge is -2.24. The van der Waals surface area contributed by atoms with Crippen LogP contribution in [0.3, 0.4) is 0 Å². The fourth-order valence-corrected chi connectivity index (χ4v) is 2.96. The van der Waals surface area contributed by atoms with E-state index in [4.69, 9.17) is 0 Å². The van der Waals surface area contributed by atoms with Crippen molar-refractivity contribution in [1.82, 2.24) is 5.32 Å². The summed E-state index contributed by atoms with van der Waals surface area (Å²) >= 11 is 0. The Balaban J connectivity index is 2.47. The minimum Gasteiger partial charge on any atom is -0.310 e. The minimum absolute atomic E-state index is 0.459. The van der Waals surface area contributed by atoms with Crippen LogP contribution in [0.5, 0.6) is 0 Å². The van der Waals surface area contributed by atoms with Gasteiger partial charge in [0.05, 0.1) is 0 Å². The molecule has 1 unspecified atom stereocenters. The highest BCUT2D eigenvalue weighted by Crippen LogP contribution is 2.31. The van der Waals surface area contributed by atoms with Crippen molar-refractivity contribution in [2.24, 2.45) is 5.92 Å². The summed E-state index contributed by atoms with van der Waals surface area (Å²) < 4.78 is 0. The zero-order chi connectivity index (χ0) is 14.5. The van der Waals surface area contributed by atoms with Gasteiger partial charge in [-0.2, -0.15) is 0 Å². The number of aryl methyl sites for hydroxylation is 1. The first-order valence-electron chi connectivity index (χ1n) is 7.85. The van der Waals surface area contributed by atoms with Gasteiger partial charge in [-0.15, -0.1) is 0 Å². The fraction of sp³-hybridized carbons (Fsp3) is 0.474. The summed E-state index contributed by atoms with van der Waals surface area (Å²) in [5.41, 5.74) is 2.89. The quantitative estimate of drug-likeness (QED) is 0.756. The fourth-order valence-electron chi connectivity index (χ4n) is 2.96. The van der Waals surface area contributed by atoms with Gasteiger partial charge in [0.25, 0.3) is 0 Å². The van der Waals surface area contributed by atoms with E-state index in [2.05, 4.69) is 69.4 Å². The smallest absolute Gasteiger partial charge is 0.0331 e. The monoisotopic (exact) mass is 269 g/mol. The van der Waals surface area contributed by atoms with Crippen molar-refractivity contribution in [2.75, 3.05) is 6.54 Å². The molecule has 1 atom stereocenters. The summed E-state index contributed by atoms with van der Waals surface area (Å²) in [6.07, 6.45) is 2.37. The molecule has 0 fully saturated rings. The van der Waals surface area contributed by atoms with Gasteiger partial charge in [-0.1, -0.05) is 57.2 Å². The number of hydrogen-bond donors (Lipinski definition) is 1. The summed E-state index contributed by atoms with van der Waals surface area (Å²) in [5.74, 6) is 0.697. The zero-order valence-electron chi connectivity index (χ0n) is 13.2. The first-order chi connectivity index (χ1) is 9.63. The van der Waals surface area contributed by atoms with Crippen molar-refractivity contribution >= 4 is 10.8 Å². The lowest BCUT2D eigenvalue weighted by molar-refractivity contribution is 0.431. The second-order valence-electron chi connectivity index (χ2n) is 6.15. The number of hydrogen-bond acceptors (Lipinski definition) is 1. The van der Waals surface area contributed by atoms with E-state index in [1.807, 2.05) is 0 Å². The predicted molar refractivity (Wildman–Crippen MR) is 89.2 cm³/mol. The molecule has 2 rings (SSSR count). The summed E-state index contributed by atoms with van der Waals surface area (Å²) in [7, 11) is 0. The molecule has 2 aromatic rings. The molecule has 1 heteroatoms. The van der Waals surface area contributed by atoms with Gasteiger partial charge in [-0.3, -0.25) is 0 Å². The number of benzene rings is 2. The molecule has 108 valence electrons. The van der Waals surface area contributed by atoms with Crippen molar-refractivity contribution in [3.05, 3.63) is 47.5 Å². The maximum absolute atomic E-state index is 3.75. The number of nitrogens with one attached hydrogen (secondary N) is 1. The van der Waals surface area contributed by atoms with Crippen LogP contribution in [0.2, 0.25) is 0 Å². The van der Waals surface area contributed by atoms with Gasteiger partial charge < -0.3 is 5.32 Å². The Kier molecular flexibility index (Phi) is 5.19. The molecular weight excluding hydrogens is 242 g/mol. The van der Waals surface area contributed by atoms with Crippen LogP contribution in [-0.4, -0.2) is 6.54 Å². The van der Waals surface area contributed by atoms with Crippen LogP contribution in [0.1, 0.15) is 50.8 Å². The predicted octanol–water partition coefficient (Wildman–Crippen LogP) is 5.24. The van der Waals surface area contributed by atoms with E-state index in [1.54, 1.807) is 0 Å². The summed E-state index contributed by atoms with van der Waals surface area (Å²) in [5, 5.41) is 6.50. The molecule has 0 aliphatic carbocycles. The summed E-state index contributed by atoms with van der Waals surface area (Å²) in [6, 6.07) is 13.7. The van der Waals surface area contributed by atoms with E-state index < -0.39 is 0 Å². The highest BCUT2D eigenvalue weighted by atomic mass is 14.9. The van der Waals surface area contributed by atoms with Gasteiger partial charge in [0.1, 0.15) is 0 Å². The Labute approximate surface area is 123 Å². The van der Waals surface area contributed by atoms with E-state index in [9.17, 15) is 0 Å². The second kappa shape index (κ2) is 6.90. The third-order valence-corrected chi connectivity index (χ3v) is 3.88. The molecule has 0 aliphatic rings. The maximum atomic E-state index is 3.75. The van der Waals surface area contributed by atoms with Crippen LogP contribution < -0.4 is 5.32 Å². The van der Waals surface area contributed by atoms with Crippen molar-refractivity contribution < 1.29 is 0 Å². The van der Waals surface area contributed by atoms with E-state index in [0.29, 0.717) is 12.0 Å². The van der Waals surface area contributed by atoms with Crippen LogP contribution in [0, 0.1) is 12.8 Å². The van der Waals surface area contributed by atoms with Crippen molar-refractivity contribution in [3.63, 3.8) is 0 Å². The van der Waals surface area contributed by atoms with E-state index >= 15 is 0 Å². The number of rotatable bonds is 6. The Morgan fingerprint density at radius 1 is 1.05 bits per heavy atom. The van der Waals surface area contributed by atoms with E-state index in [1.165, 1.54) is 34.7 Å². The van der Waals surface area contributed by atoms with Gasteiger partial charge >= 0.3 is 0 Å². The minimum atomic E-state index is 0.459. The first-order valence-corrected chi connectivity index (χ1v) is 7.85. The Bertz CT molecular complexity index is 557. The van der Waals surface area contributed by atoms with Gasteiger partial charge in [0.2, 0.25) is 0 Å². The average molecular weight is 269 g/mol. The molecule has 0 amide bonds. The topological polar surface area (TPSA) is 12.0 Å². The van der Waals surface area contributed by atoms with Gasteiger partial charge in [-0.25, -0.2) is 0 Å². The SMILES string of the molecule is CCCNC(CC(C)C)c1c(C)ccc2ccccc12. The Morgan fingerprint density at radius 3 is 2.50 bits per heavy atom.